The molecule has 6 aromatic rings. The molecule has 4 heterocycles. The highest BCUT2D eigenvalue weighted by Gasteiger charge is 2.17. The van der Waals surface area contributed by atoms with Gasteiger partial charge in [-0.15, -0.1) is 0 Å². The van der Waals surface area contributed by atoms with Gasteiger partial charge in [-0.3, -0.25) is 15.1 Å². The molecule has 0 spiro atoms. The summed E-state index contributed by atoms with van der Waals surface area (Å²) in [6.45, 7) is 0.568. The van der Waals surface area contributed by atoms with Gasteiger partial charge in [-0.05, 0) is 60.1 Å². The average Bonchev–Trinajstić information content (AvgIpc) is 3.48. The largest absolute Gasteiger partial charge is 0.335 e. The number of fused-ring (bicyclic) bond motifs is 2. The van der Waals surface area contributed by atoms with E-state index in [1.54, 1.807) is 18.6 Å². The predicted octanol–water partition coefficient (Wildman–Crippen LogP) is 5.09. The first-order valence-corrected chi connectivity index (χ1v) is 10.9. The molecule has 0 bridgehead atoms. The van der Waals surface area contributed by atoms with E-state index < -0.39 is 0 Å². The molecule has 34 heavy (non-hydrogen) atoms. The van der Waals surface area contributed by atoms with Gasteiger partial charge in [0.1, 0.15) is 11.5 Å². The fourth-order valence-electron chi connectivity index (χ4n) is 4.28. The maximum absolute atomic E-state index is 14.3. The van der Waals surface area contributed by atoms with Gasteiger partial charge in [0.05, 0.1) is 22.7 Å². The van der Waals surface area contributed by atoms with Gasteiger partial charge in [-0.1, -0.05) is 12.1 Å². The summed E-state index contributed by atoms with van der Waals surface area (Å²) in [5.41, 5.74) is 7.49. The molecule has 0 saturated carbocycles. The van der Waals surface area contributed by atoms with Gasteiger partial charge in [-0.2, -0.15) is 5.10 Å². The molecule has 7 nitrogen and oxygen atoms in total. The van der Waals surface area contributed by atoms with Crippen molar-refractivity contribution in [2.75, 3.05) is 7.05 Å². The lowest BCUT2D eigenvalue weighted by molar-refractivity contribution is 0.624. The Morgan fingerprint density at radius 3 is 2.71 bits per heavy atom. The van der Waals surface area contributed by atoms with E-state index >= 15 is 0 Å². The minimum absolute atomic E-state index is 0.295. The first kappa shape index (κ1) is 20.2. The number of nitrogens with one attached hydrogen (secondary N) is 3. The predicted molar refractivity (Wildman–Crippen MR) is 130 cm³/mol. The monoisotopic (exact) mass is 449 g/mol. The first-order valence-electron chi connectivity index (χ1n) is 10.9. The Labute approximate surface area is 194 Å². The van der Waals surface area contributed by atoms with Crippen molar-refractivity contribution in [2.24, 2.45) is 0 Å². The highest BCUT2D eigenvalue weighted by Crippen LogP contribution is 2.33. The van der Waals surface area contributed by atoms with Crippen LogP contribution in [0.25, 0.3) is 55.7 Å². The standard InChI is InChI=1S/C26H20FN7/c1-28-11-15-7-18(9-19(27)8-15)21-13-30-14-23-24(21)32-26(31-23)25-20-10-16(4-5-22(20)33-34-25)17-3-2-6-29-12-17/h2-10,12-14,28H,11H2,1H3,(H,31,32)(H,33,34). The van der Waals surface area contributed by atoms with Gasteiger partial charge in [0.15, 0.2) is 5.82 Å². The van der Waals surface area contributed by atoms with E-state index in [0.29, 0.717) is 23.6 Å². The smallest absolute Gasteiger partial charge is 0.159 e. The third-order valence-corrected chi connectivity index (χ3v) is 5.83. The summed E-state index contributed by atoms with van der Waals surface area (Å²) in [6.07, 6.45) is 7.03. The van der Waals surface area contributed by atoms with E-state index in [1.165, 1.54) is 12.1 Å². The van der Waals surface area contributed by atoms with Gasteiger partial charge >= 0.3 is 0 Å². The lowest BCUT2D eigenvalue weighted by Crippen LogP contribution is -2.05. The number of pyridine rings is 2. The molecule has 0 amide bonds. The molecule has 0 fully saturated rings. The fourth-order valence-corrected chi connectivity index (χ4v) is 4.28. The second-order valence-electron chi connectivity index (χ2n) is 8.12. The van der Waals surface area contributed by atoms with E-state index in [4.69, 9.17) is 4.98 Å². The van der Waals surface area contributed by atoms with Gasteiger partial charge in [0.2, 0.25) is 0 Å². The quantitative estimate of drug-likeness (QED) is 0.341. The zero-order valence-corrected chi connectivity index (χ0v) is 18.3. The van der Waals surface area contributed by atoms with Gasteiger partial charge in [0, 0.05) is 41.6 Å². The maximum Gasteiger partial charge on any atom is 0.159 e. The number of hydrogen-bond donors (Lipinski definition) is 3. The molecule has 0 aliphatic rings. The molecule has 166 valence electrons. The third-order valence-electron chi connectivity index (χ3n) is 5.83. The SMILES string of the molecule is CNCc1cc(F)cc(-c2cncc3[nH]c(-c4n[nH]c5ccc(-c6cccnc6)cc45)nc23)c1. The van der Waals surface area contributed by atoms with Gasteiger partial charge in [0.25, 0.3) is 0 Å². The van der Waals surface area contributed by atoms with Crippen molar-refractivity contribution >= 4 is 21.9 Å². The molecule has 0 saturated heterocycles. The number of nitrogens with zero attached hydrogens (tertiary/aromatic N) is 4. The van der Waals surface area contributed by atoms with Crippen molar-refractivity contribution < 1.29 is 4.39 Å². The summed E-state index contributed by atoms with van der Waals surface area (Å²) < 4.78 is 14.3. The van der Waals surface area contributed by atoms with Crippen LogP contribution in [0, 0.1) is 5.82 Å². The van der Waals surface area contributed by atoms with Gasteiger partial charge in [-0.25, -0.2) is 9.37 Å². The second kappa shape index (κ2) is 8.17. The summed E-state index contributed by atoms with van der Waals surface area (Å²) in [4.78, 5) is 16.8. The van der Waals surface area contributed by atoms with E-state index in [0.717, 1.165) is 44.2 Å². The van der Waals surface area contributed by atoms with Crippen molar-refractivity contribution in [1.82, 2.24) is 35.5 Å². The topological polar surface area (TPSA) is 95.2 Å². The van der Waals surface area contributed by atoms with E-state index in [-0.39, 0.29) is 5.82 Å². The molecule has 4 aromatic heterocycles. The van der Waals surface area contributed by atoms with E-state index in [2.05, 4.69) is 36.5 Å². The van der Waals surface area contributed by atoms with E-state index in [1.807, 2.05) is 43.6 Å². The van der Waals surface area contributed by atoms with Crippen LogP contribution >= 0.6 is 0 Å². The van der Waals surface area contributed by atoms with Crippen molar-refractivity contribution in [2.45, 2.75) is 6.54 Å². The van der Waals surface area contributed by atoms with Crippen molar-refractivity contribution in [3.05, 3.63) is 84.7 Å². The lowest BCUT2D eigenvalue weighted by Gasteiger charge is -2.06. The molecule has 8 heteroatoms. The Hall–Kier alpha value is -4.43. The molecule has 0 unspecified atom stereocenters. The molecule has 0 aliphatic heterocycles. The molecule has 0 aliphatic carbocycles. The van der Waals surface area contributed by atoms with Crippen LogP contribution in [0.5, 0.6) is 0 Å². The van der Waals surface area contributed by atoms with Gasteiger partial charge < -0.3 is 10.3 Å². The second-order valence-corrected chi connectivity index (χ2v) is 8.12. The number of rotatable bonds is 5. The van der Waals surface area contributed by atoms with Crippen LogP contribution in [0.15, 0.2) is 73.3 Å². The van der Waals surface area contributed by atoms with Crippen LogP contribution in [-0.4, -0.2) is 37.2 Å². The summed E-state index contributed by atoms with van der Waals surface area (Å²) in [7, 11) is 1.83. The molecule has 3 N–H and O–H groups in total. The molecule has 0 radical (unpaired) electrons. The minimum atomic E-state index is -0.295. The molecule has 6 rings (SSSR count). The molecular formula is C26H20FN7. The fraction of sp³-hybridized carbons (Fsp3) is 0.0769. The Kier molecular flexibility index (Phi) is 4.85. The van der Waals surface area contributed by atoms with Crippen LogP contribution in [-0.2, 0) is 6.54 Å². The normalized spacial score (nSPS) is 11.5. The van der Waals surface area contributed by atoms with Crippen molar-refractivity contribution in [3.8, 4) is 33.8 Å². The summed E-state index contributed by atoms with van der Waals surface area (Å²) in [6, 6.07) is 15.0. The van der Waals surface area contributed by atoms with Crippen molar-refractivity contribution in [3.63, 3.8) is 0 Å². The zero-order chi connectivity index (χ0) is 23.1. The third kappa shape index (κ3) is 3.50. The molecular weight excluding hydrogens is 429 g/mol. The van der Waals surface area contributed by atoms with Crippen LogP contribution in [0.3, 0.4) is 0 Å². The molecule has 0 atom stereocenters. The first-order chi connectivity index (χ1) is 16.7. The maximum atomic E-state index is 14.3. The lowest BCUT2D eigenvalue weighted by atomic mass is 10.0. The van der Waals surface area contributed by atoms with Crippen LogP contribution in [0.4, 0.5) is 4.39 Å². The highest BCUT2D eigenvalue weighted by atomic mass is 19.1. The minimum Gasteiger partial charge on any atom is -0.335 e. The highest BCUT2D eigenvalue weighted by molar-refractivity contribution is 5.98. The zero-order valence-electron chi connectivity index (χ0n) is 18.3. The number of halogens is 1. The summed E-state index contributed by atoms with van der Waals surface area (Å²) in [5, 5.41) is 11.6. The number of aromatic amines is 2. The average molecular weight is 449 g/mol. The molecule has 2 aromatic carbocycles. The summed E-state index contributed by atoms with van der Waals surface area (Å²) in [5.74, 6) is 0.322. The van der Waals surface area contributed by atoms with Crippen LogP contribution in [0.2, 0.25) is 0 Å². The summed E-state index contributed by atoms with van der Waals surface area (Å²) >= 11 is 0. The Balaban J connectivity index is 1.48. The van der Waals surface area contributed by atoms with Crippen molar-refractivity contribution in [1.29, 1.82) is 0 Å². The number of benzene rings is 2. The number of aromatic nitrogens is 6. The van der Waals surface area contributed by atoms with E-state index in [9.17, 15) is 4.39 Å². The number of hydrogen-bond acceptors (Lipinski definition) is 5. The Bertz CT molecular complexity index is 1640. The van der Waals surface area contributed by atoms with Crippen LogP contribution in [0.1, 0.15) is 5.56 Å². The Morgan fingerprint density at radius 2 is 1.85 bits per heavy atom. The number of H-pyrrole nitrogens is 2. The number of imidazole rings is 1. The van der Waals surface area contributed by atoms with Crippen LogP contribution < -0.4 is 5.32 Å². The Morgan fingerprint density at radius 1 is 0.912 bits per heavy atom.